The molecule has 1 amide bonds. The number of hydrogen-bond donors (Lipinski definition) is 2. The zero-order chi connectivity index (χ0) is 20.7. The Bertz CT molecular complexity index is 936. The van der Waals surface area contributed by atoms with Crippen LogP contribution in [0.2, 0.25) is 0 Å². The van der Waals surface area contributed by atoms with Crippen LogP contribution in [0.4, 0.5) is 0 Å². The third-order valence-electron chi connectivity index (χ3n) is 3.97. The maximum absolute atomic E-state index is 11.9. The minimum Gasteiger partial charge on any atom is -0.351 e. The average Bonchev–Trinajstić information content (AvgIpc) is 3.13. The van der Waals surface area contributed by atoms with Crippen molar-refractivity contribution in [3.63, 3.8) is 0 Å². The van der Waals surface area contributed by atoms with Gasteiger partial charge >= 0.3 is 0 Å². The van der Waals surface area contributed by atoms with Crippen LogP contribution in [-0.4, -0.2) is 52.1 Å². The first-order chi connectivity index (χ1) is 13.2. The summed E-state index contributed by atoms with van der Waals surface area (Å²) in [5.41, 5.74) is 1.58. The van der Waals surface area contributed by atoms with Gasteiger partial charge in [-0.15, -0.1) is 11.3 Å². The largest absolute Gasteiger partial charge is 0.351 e. The predicted molar refractivity (Wildman–Crippen MR) is 113 cm³/mol. The molecule has 1 aromatic heterocycles. The number of thiophene rings is 1. The van der Waals surface area contributed by atoms with Gasteiger partial charge in [-0.3, -0.25) is 4.79 Å². The van der Waals surface area contributed by atoms with Crippen molar-refractivity contribution in [2.45, 2.75) is 24.9 Å². The van der Waals surface area contributed by atoms with E-state index in [1.165, 1.54) is 11.2 Å². The normalized spacial score (nSPS) is 11.9. The summed E-state index contributed by atoms with van der Waals surface area (Å²) in [4.78, 5) is 19.4. The highest BCUT2D eigenvalue weighted by atomic mass is 32.2. The number of aliphatic imine (C=N–C) groups is 1. The van der Waals surface area contributed by atoms with Gasteiger partial charge in [-0.25, -0.2) is 13.4 Å². The number of likely N-dealkylation sites (N-methyl/N-ethyl adjacent to an activating group) is 1. The second kappa shape index (κ2) is 9.70. The molecule has 0 saturated heterocycles. The van der Waals surface area contributed by atoms with Crippen molar-refractivity contribution >= 4 is 33.0 Å². The molecule has 0 unspecified atom stereocenters. The van der Waals surface area contributed by atoms with E-state index in [9.17, 15) is 13.2 Å². The number of carbonyl (C=O) groups excluding carboxylic acids is 1. The highest BCUT2D eigenvalue weighted by molar-refractivity contribution is 7.90. The van der Waals surface area contributed by atoms with Gasteiger partial charge in [0, 0.05) is 25.2 Å². The fourth-order valence-corrected chi connectivity index (χ4v) is 4.08. The van der Waals surface area contributed by atoms with Crippen LogP contribution >= 0.6 is 11.3 Å². The molecule has 2 N–H and O–H groups in total. The number of aryl methyl sites for hydroxylation is 1. The van der Waals surface area contributed by atoms with Crippen molar-refractivity contribution in [1.29, 1.82) is 0 Å². The molecule has 9 heteroatoms. The lowest BCUT2D eigenvalue weighted by Crippen LogP contribution is -2.42. The predicted octanol–water partition coefficient (Wildman–Crippen LogP) is 1.78. The molecule has 152 valence electrons. The second-order valence-corrected chi connectivity index (χ2v) is 9.63. The quantitative estimate of drug-likeness (QED) is 0.524. The third kappa shape index (κ3) is 6.65. The Hall–Kier alpha value is -2.39. The van der Waals surface area contributed by atoms with E-state index in [1.54, 1.807) is 44.5 Å². The first-order valence-corrected chi connectivity index (χ1v) is 11.5. The van der Waals surface area contributed by atoms with E-state index in [1.807, 2.05) is 23.6 Å². The van der Waals surface area contributed by atoms with Crippen LogP contribution in [0.5, 0.6) is 0 Å². The monoisotopic (exact) mass is 422 g/mol. The summed E-state index contributed by atoms with van der Waals surface area (Å²) in [5.74, 6) is 0.465. The minimum atomic E-state index is -3.24. The smallest absolute Gasteiger partial charge is 0.241 e. The molecule has 1 heterocycles. The van der Waals surface area contributed by atoms with E-state index in [0.29, 0.717) is 29.5 Å². The van der Waals surface area contributed by atoms with Crippen LogP contribution in [0.3, 0.4) is 0 Å². The third-order valence-corrected chi connectivity index (χ3v) is 6.11. The molecule has 1 aromatic carbocycles. The van der Waals surface area contributed by atoms with Crippen molar-refractivity contribution < 1.29 is 13.2 Å². The lowest BCUT2D eigenvalue weighted by molar-refractivity contribution is -0.127. The first-order valence-electron chi connectivity index (χ1n) is 8.71. The maximum atomic E-state index is 11.9. The van der Waals surface area contributed by atoms with E-state index in [4.69, 9.17) is 0 Å². The molecule has 2 rings (SSSR count). The zero-order valence-electron chi connectivity index (χ0n) is 16.5. The molecule has 0 aliphatic carbocycles. The first kappa shape index (κ1) is 21.9. The molecule has 0 fully saturated rings. The lowest BCUT2D eigenvalue weighted by Gasteiger charge is -2.15. The Balaban J connectivity index is 2.11. The van der Waals surface area contributed by atoms with Gasteiger partial charge < -0.3 is 15.5 Å². The number of benzene rings is 1. The van der Waals surface area contributed by atoms with Crippen LogP contribution in [0, 0.1) is 6.92 Å². The lowest BCUT2D eigenvalue weighted by atomic mass is 10.1. The van der Waals surface area contributed by atoms with Gasteiger partial charge in [-0.2, -0.15) is 0 Å². The molecule has 7 nitrogen and oxygen atoms in total. The fraction of sp³-hybridized carbons (Fsp3) is 0.368. The summed E-state index contributed by atoms with van der Waals surface area (Å²) in [6.45, 7) is 2.87. The molecule has 0 atom stereocenters. The van der Waals surface area contributed by atoms with Gasteiger partial charge in [0.2, 0.25) is 5.91 Å². The number of hydrogen-bond acceptors (Lipinski definition) is 5. The van der Waals surface area contributed by atoms with Crippen LogP contribution in [0.1, 0.15) is 16.0 Å². The van der Waals surface area contributed by atoms with Crippen molar-refractivity contribution in [2.75, 3.05) is 26.9 Å². The summed E-state index contributed by atoms with van der Waals surface area (Å²) < 4.78 is 23.5. The molecule has 0 spiro atoms. The number of guanidine groups is 1. The van der Waals surface area contributed by atoms with Crippen LogP contribution in [0.15, 0.2) is 45.6 Å². The molecule has 2 aromatic rings. The standard InChI is InChI=1S/C19H26N4O3S2/c1-14-10-15(7-8-17(14)28(4,25)26)11-20-19(22-13-18(24)23(2)3)21-12-16-6-5-9-27-16/h5-10H,11-13H2,1-4H3,(H2,20,21,22). The van der Waals surface area contributed by atoms with E-state index < -0.39 is 9.84 Å². The number of nitrogens with one attached hydrogen (secondary N) is 2. The molecule has 0 saturated carbocycles. The summed E-state index contributed by atoms with van der Waals surface area (Å²) in [7, 11) is 0.158. The molecular formula is C19H26N4O3S2. The van der Waals surface area contributed by atoms with E-state index in [-0.39, 0.29) is 12.5 Å². The van der Waals surface area contributed by atoms with Crippen molar-refractivity contribution in [3.05, 3.63) is 51.7 Å². The number of nitrogens with zero attached hydrogens (tertiary/aromatic N) is 2. The Kier molecular flexibility index (Phi) is 7.59. The van der Waals surface area contributed by atoms with Crippen LogP contribution < -0.4 is 10.6 Å². The van der Waals surface area contributed by atoms with E-state index >= 15 is 0 Å². The van der Waals surface area contributed by atoms with Gasteiger partial charge in [0.1, 0.15) is 0 Å². The number of amides is 1. The summed E-state index contributed by atoms with van der Waals surface area (Å²) in [6.07, 6.45) is 1.20. The Morgan fingerprint density at radius 1 is 1.21 bits per heavy atom. The van der Waals surface area contributed by atoms with E-state index in [2.05, 4.69) is 15.6 Å². The van der Waals surface area contributed by atoms with Gasteiger partial charge in [-0.05, 0) is 35.6 Å². The van der Waals surface area contributed by atoms with Crippen LogP contribution in [0.25, 0.3) is 0 Å². The van der Waals surface area contributed by atoms with E-state index in [0.717, 1.165) is 10.4 Å². The molecule has 28 heavy (non-hydrogen) atoms. The van der Waals surface area contributed by atoms with Gasteiger partial charge in [0.15, 0.2) is 15.8 Å². The van der Waals surface area contributed by atoms with Gasteiger partial charge in [0.05, 0.1) is 24.5 Å². The molecular weight excluding hydrogens is 396 g/mol. The summed E-state index contributed by atoms with van der Waals surface area (Å²) >= 11 is 1.64. The van der Waals surface area contributed by atoms with Crippen LogP contribution in [-0.2, 0) is 27.7 Å². The summed E-state index contributed by atoms with van der Waals surface area (Å²) in [6, 6.07) is 9.19. The minimum absolute atomic E-state index is 0.0565. The number of sulfone groups is 1. The Morgan fingerprint density at radius 2 is 1.96 bits per heavy atom. The summed E-state index contributed by atoms with van der Waals surface area (Å²) in [5, 5.41) is 8.26. The zero-order valence-corrected chi connectivity index (χ0v) is 18.2. The maximum Gasteiger partial charge on any atom is 0.241 e. The highest BCUT2D eigenvalue weighted by Crippen LogP contribution is 2.17. The molecule has 0 radical (unpaired) electrons. The number of rotatable bonds is 7. The number of carbonyl (C=O) groups is 1. The SMILES string of the molecule is Cc1cc(CN=C(NCC(=O)N(C)C)NCc2cccs2)ccc1S(C)(=O)=O. The van der Waals surface area contributed by atoms with Gasteiger partial charge in [0.25, 0.3) is 0 Å². The molecule has 0 bridgehead atoms. The fourth-order valence-electron chi connectivity index (χ4n) is 2.47. The highest BCUT2D eigenvalue weighted by Gasteiger charge is 2.11. The van der Waals surface area contributed by atoms with Gasteiger partial charge in [-0.1, -0.05) is 18.2 Å². The molecule has 0 aliphatic heterocycles. The Labute approximate surface area is 170 Å². The van der Waals surface area contributed by atoms with Crippen molar-refractivity contribution in [2.24, 2.45) is 4.99 Å². The topological polar surface area (TPSA) is 90.9 Å². The molecule has 0 aliphatic rings. The average molecular weight is 423 g/mol. The van der Waals surface area contributed by atoms with Crippen molar-refractivity contribution in [1.82, 2.24) is 15.5 Å². The Morgan fingerprint density at radius 3 is 2.54 bits per heavy atom. The second-order valence-electron chi connectivity index (χ2n) is 6.61. The van der Waals surface area contributed by atoms with Crippen molar-refractivity contribution in [3.8, 4) is 0 Å².